The minimum atomic E-state index is -1.26. The van der Waals surface area contributed by atoms with E-state index >= 15 is 0 Å². The van der Waals surface area contributed by atoms with Crippen molar-refractivity contribution in [2.75, 3.05) is 46.3 Å². The predicted molar refractivity (Wildman–Crippen MR) is 158 cm³/mol. The molecule has 8 heteroatoms. The van der Waals surface area contributed by atoms with Crippen LogP contribution in [-0.2, 0) is 9.59 Å². The third-order valence-electron chi connectivity index (χ3n) is 7.69. The number of carbonyl (C=O) groups is 2. The maximum absolute atomic E-state index is 9.55. The van der Waals surface area contributed by atoms with Crippen LogP contribution in [-0.4, -0.2) is 89.0 Å². The molecule has 3 aliphatic rings. The number of hydrogen-bond acceptors (Lipinski definition) is 6. The van der Waals surface area contributed by atoms with Gasteiger partial charge in [0.15, 0.2) is 0 Å². The van der Waals surface area contributed by atoms with Crippen LogP contribution in [0, 0.1) is 5.92 Å². The Morgan fingerprint density at radius 2 is 1.52 bits per heavy atom. The van der Waals surface area contributed by atoms with Crippen molar-refractivity contribution in [2.24, 2.45) is 11.0 Å². The van der Waals surface area contributed by atoms with Gasteiger partial charge in [0.05, 0.1) is 11.8 Å². The highest BCUT2D eigenvalue weighted by Crippen LogP contribution is 2.44. The van der Waals surface area contributed by atoms with Gasteiger partial charge >= 0.3 is 11.9 Å². The molecule has 40 heavy (non-hydrogen) atoms. The number of carboxylic acids is 2. The van der Waals surface area contributed by atoms with Crippen molar-refractivity contribution in [1.29, 1.82) is 0 Å². The molecular weight excluding hydrogens is 504 g/mol. The lowest BCUT2D eigenvalue weighted by molar-refractivity contribution is -0.134. The number of likely N-dealkylation sites (N-methyl/N-ethyl adjacent to an activating group) is 1. The number of aliphatic carboxylic acids is 2. The van der Waals surface area contributed by atoms with Crippen LogP contribution < -0.4 is 0 Å². The fraction of sp³-hybridized carbons (Fsp3) is 0.406. The quantitative estimate of drug-likeness (QED) is 0.468. The fourth-order valence-electron chi connectivity index (χ4n) is 5.68. The topological polar surface area (TPSA) is 96.7 Å². The van der Waals surface area contributed by atoms with Gasteiger partial charge in [0.2, 0.25) is 0 Å². The second-order valence-corrected chi connectivity index (χ2v) is 10.6. The number of allylic oxidation sites excluding steroid dienone is 1. The first-order valence-electron chi connectivity index (χ1n) is 14.1. The third kappa shape index (κ3) is 8.37. The number of fused-ring (bicyclic) bond motifs is 1. The first-order valence-corrected chi connectivity index (χ1v) is 14.1. The van der Waals surface area contributed by atoms with Crippen molar-refractivity contribution >= 4 is 23.7 Å². The lowest BCUT2D eigenvalue weighted by Gasteiger charge is -2.33. The zero-order valence-corrected chi connectivity index (χ0v) is 23.2. The summed E-state index contributed by atoms with van der Waals surface area (Å²) < 4.78 is 0. The van der Waals surface area contributed by atoms with Gasteiger partial charge in [-0.2, -0.15) is 5.10 Å². The van der Waals surface area contributed by atoms with Gasteiger partial charge < -0.3 is 20.0 Å². The Morgan fingerprint density at radius 3 is 2.15 bits per heavy atom. The predicted octanol–water partition coefficient (Wildman–Crippen LogP) is 4.63. The Hall–Kier alpha value is -3.75. The smallest absolute Gasteiger partial charge is 0.328 e. The minimum Gasteiger partial charge on any atom is -0.478 e. The first kappa shape index (κ1) is 29.2. The Kier molecular flexibility index (Phi) is 10.7. The van der Waals surface area contributed by atoms with E-state index in [9.17, 15) is 9.59 Å². The maximum atomic E-state index is 9.55. The largest absolute Gasteiger partial charge is 0.478 e. The number of hydrogen-bond donors (Lipinski definition) is 2. The summed E-state index contributed by atoms with van der Waals surface area (Å²) in [6.07, 6.45) is 8.29. The SMILES string of the molecule is CN1CCN(CCCN2N=C3C(=Cc4ccccc4)CCCC3C2c2ccccc2)CC1.O=C(O)/C=C\C(=O)O. The number of carboxylic acid groups (broad SMARTS) is 2. The summed E-state index contributed by atoms with van der Waals surface area (Å²) in [6, 6.07) is 22.2. The molecule has 0 bridgehead atoms. The summed E-state index contributed by atoms with van der Waals surface area (Å²) in [5, 5.41) is 23.3. The van der Waals surface area contributed by atoms with E-state index in [1.165, 1.54) is 74.4 Å². The second kappa shape index (κ2) is 14.6. The molecular formula is C32H40N4O4. The highest BCUT2D eigenvalue weighted by Gasteiger charge is 2.40. The standard InChI is InChI=1S/C28H36N4.C4H4O4/c1-30-18-20-31(21-19-30)16-9-17-32-28(24-12-6-3-7-13-24)26-15-8-14-25(27(26)29-32)22-23-10-4-2-5-11-23;5-3(6)1-2-4(7)8/h2-7,10-13,22,26,28H,8-9,14-21H2,1H3;1-2H,(H,5,6)(H,7,8)/b;2-1-. The van der Waals surface area contributed by atoms with Crippen LogP contribution in [0.5, 0.6) is 0 Å². The molecule has 1 saturated carbocycles. The van der Waals surface area contributed by atoms with E-state index < -0.39 is 11.9 Å². The van der Waals surface area contributed by atoms with Crippen LogP contribution in [0.3, 0.4) is 0 Å². The first-order chi connectivity index (χ1) is 19.4. The minimum absolute atomic E-state index is 0.373. The third-order valence-corrected chi connectivity index (χ3v) is 7.69. The van der Waals surface area contributed by atoms with Gasteiger partial charge in [-0.1, -0.05) is 60.7 Å². The van der Waals surface area contributed by atoms with E-state index in [0.29, 0.717) is 24.1 Å². The number of rotatable bonds is 8. The Labute approximate surface area is 236 Å². The van der Waals surface area contributed by atoms with Crippen LogP contribution in [0.25, 0.3) is 6.08 Å². The molecule has 0 radical (unpaired) electrons. The molecule has 8 nitrogen and oxygen atoms in total. The van der Waals surface area contributed by atoms with E-state index in [4.69, 9.17) is 15.3 Å². The molecule has 212 valence electrons. The summed E-state index contributed by atoms with van der Waals surface area (Å²) in [4.78, 5) is 24.2. The molecule has 2 fully saturated rings. The Morgan fingerprint density at radius 1 is 0.900 bits per heavy atom. The highest BCUT2D eigenvalue weighted by atomic mass is 16.4. The van der Waals surface area contributed by atoms with Crippen LogP contribution in [0.1, 0.15) is 42.9 Å². The molecule has 0 aromatic heterocycles. The molecule has 1 saturated heterocycles. The van der Waals surface area contributed by atoms with Crippen molar-refractivity contribution < 1.29 is 19.8 Å². The zero-order chi connectivity index (χ0) is 28.3. The van der Waals surface area contributed by atoms with Crippen LogP contribution in [0.4, 0.5) is 0 Å². The number of nitrogens with zero attached hydrogens (tertiary/aromatic N) is 4. The van der Waals surface area contributed by atoms with E-state index in [1.54, 1.807) is 0 Å². The van der Waals surface area contributed by atoms with Gasteiger partial charge in [-0.15, -0.1) is 0 Å². The molecule has 5 rings (SSSR count). The molecule has 2 atom stereocenters. The highest BCUT2D eigenvalue weighted by molar-refractivity contribution is 6.07. The molecule has 0 amide bonds. The average molecular weight is 545 g/mol. The van der Waals surface area contributed by atoms with Gasteiger partial charge in [-0.3, -0.25) is 5.01 Å². The Balaban J connectivity index is 0.000000406. The molecule has 0 spiro atoms. The summed E-state index contributed by atoms with van der Waals surface area (Å²) in [6.45, 7) is 6.97. The van der Waals surface area contributed by atoms with Gasteiger partial charge in [0.1, 0.15) is 0 Å². The van der Waals surface area contributed by atoms with Gasteiger partial charge in [0.25, 0.3) is 0 Å². The van der Waals surface area contributed by atoms with Gasteiger partial charge in [-0.05, 0) is 62.1 Å². The normalized spacial score (nSPS) is 22.5. The summed E-state index contributed by atoms with van der Waals surface area (Å²) in [7, 11) is 2.23. The van der Waals surface area contributed by atoms with E-state index in [1.807, 2.05) is 0 Å². The second-order valence-electron chi connectivity index (χ2n) is 10.6. The number of hydrazone groups is 1. The zero-order valence-electron chi connectivity index (χ0n) is 23.2. The van der Waals surface area contributed by atoms with Gasteiger partial charge in [0, 0.05) is 50.8 Å². The summed E-state index contributed by atoms with van der Waals surface area (Å²) in [5.41, 5.74) is 5.48. The van der Waals surface area contributed by atoms with Crippen molar-refractivity contribution in [1.82, 2.24) is 14.8 Å². The van der Waals surface area contributed by atoms with E-state index in [0.717, 1.165) is 13.0 Å². The van der Waals surface area contributed by atoms with Crippen LogP contribution in [0.2, 0.25) is 0 Å². The van der Waals surface area contributed by atoms with E-state index in [2.05, 4.69) is 88.6 Å². The monoisotopic (exact) mass is 544 g/mol. The van der Waals surface area contributed by atoms with Crippen molar-refractivity contribution in [3.05, 3.63) is 89.5 Å². The molecule has 2 unspecified atom stereocenters. The maximum Gasteiger partial charge on any atom is 0.328 e. The lowest BCUT2D eigenvalue weighted by atomic mass is 9.77. The Bertz CT molecular complexity index is 1190. The fourth-order valence-corrected chi connectivity index (χ4v) is 5.68. The number of piperazine rings is 1. The van der Waals surface area contributed by atoms with Crippen molar-refractivity contribution in [3.63, 3.8) is 0 Å². The molecule has 2 aromatic rings. The molecule has 2 heterocycles. The lowest BCUT2D eigenvalue weighted by Crippen LogP contribution is -2.45. The summed E-state index contributed by atoms with van der Waals surface area (Å²) in [5.74, 6) is -2.01. The van der Waals surface area contributed by atoms with Gasteiger partial charge in [-0.25, -0.2) is 9.59 Å². The van der Waals surface area contributed by atoms with Crippen molar-refractivity contribution in [3.8, 4) is 0 Å². The average Bonchev–Trinajstić information content (AvgIpc) is 3.34. The molecule has 2 aromatic carbocycles. The molecule has 2 N–H and O–H groups in total. The van der Waals surface area contributed by atoms with Crippen molar-refractivity contribution in [2.45, 2.75) is 31.7 Å². The summed E-state index contributed by atoms with van der Waals surface area (Å²) >= 11 is 0. The van der Waals surface area contributed by atoms with E-state index in [-0.39, 0.29) is 0 Å². The number of benzene rings is 2. The van der Waals surface area contributed by atoms with Crippen LogP contribution in [0.15, 0.2) is 83.5 Å². The molecule has 2 aliphatic heterocycles. The van der Waals surface area contributed by atoms with Crippen LogP contribution >= 0.6 is 0 Å². The molecule has 1 aliphatic carbocycles.